The van der Waals surface area contributed by atoms with Crippen molar-refractivity contribution in [1.29, 1.82) is 0 Å². The summed E-state index contributed by atoms with van der Waals surface area (Å²) in [6.45, 7) is -0.345. The van der Waals surface area contributed by atoms with Crippen LogP contribution in [0.2, 0.25) is 0 Å². The second-order valence-corrected chi connectivity index (χ2v) is 6.09. The minimum atomic E-state index is -4.24. The molecule has 0 radical (unpaired) electrons. The number of sulfonamides is 1. The highest BCUT2D eigenvalue weighted by Gasteiger charge is 2.21. The van der Waals surface area contributed by atoms with Crippen LogP contribution in [0, 0.1) is 11.6 Å². The highest BCUT2D eigenvalue weighted by Crippen LogP contribution is 2.17. The zero-order valence-corrected chi connectivity index (χ0v) is 11.6. The predicted octanol–water partition coefficient (Wildman–Crippen LogP) is 1.98. The van der Waals surface area contributed by atoms with Crippen LogP contribution in [-0.4, -0.2) is 20.1 Å². The van der Waals surface area contributed by atoms with Crippen molar-refractivity contribution in [2.45, 2.75) is 11.0 Å². The Labute approximate surface area is 121 Å². The van der Waals surface area contributed by atoms with E-state index in [0.29, 0.717) is 11.6 Å². The summed E-state index contributed by atoms with van der Waals surface area (Å²) in [6.07, 6.45) is -1.09. The van der Waals surface area contributed by atoms with E-state index in [1.807, 2.05) is 0 Å². The molecule has 0 amide bonds. The molecule has 2 N–H and O–H groups in total. The van der Waals surface area contributed by atoms with Crippen molar-refractivity contribution in [2.75, 3.05) is 6.54 Å². The second kappa shape index (κ2) is 6.30. The van der Waals surface area contributed by atoms with E-state index in [1.54, 1.807) is 30.3 Å². The summed E-state index contributed by atoms with van der Waals surface area (Å²) in [4.78, 5) is -0.789. The van der Waals surface area contributed by atoms with Gasteiger partial charge in [0.15, 0.2) is 0 Å². The van der Waals surface area contributed by atoms with E-state index in [9.17, 15) is 22.3 Å². The lowest BCUT2D eigenvalue weighted by Gasteiger charge is -2.13. The van der Waals surface area contributed by atoms with Gasteiger partial charge in [-0.1, -0.05) is 30.3 Å². The number of hydrogen-bond acceptors (Lipinski definition) is 3. The molecule has 0 saturated carbocycles. The van der Waals surface area contributed by atoms with Crippen molar-refractivity contribution in [1.82, 2.24) is 4.72 Å². The molecule has 0 saturated heterocycles. The predicted molar refractivity (Wildman–Crippen MR) is 72.9 cm³/mol. The molecular formula is C14H13F2NO3S. The Morgan fingerprint density at radius 1 is 1.10 bits per heavy atom. The summed E-state index contributed by atoms with van der Waals surface area (Å²) in [5.41, 5.74) is 0.514. The molecule has 0 bridgehead atoms. The van der Waals surface area contributed by atoms with Crippen LogP contribution in [0.25, 0.3) is 0 Å². The third-order valence-electron chi connectivity index (χ3n) is 2.83. The zero-order chi connectivity index (χ0) is 15.5. The van der Waals surface area contributed by atoms with Gasteiger partial charge in [0.1, 0.15) is 16.5 Å². The van der Waals surface area contributed by atoms with Crippen LogP contribution in [0.3, 0.4) is 0 Å². The van der Waals surface area contributed by atoms with Crippen molar-refractivity contribution < 1.29 is 22.3 Å². The number of hydrogen-bond donors (Lipinski definition) is 2. The number of aliphatic hydroxyl groups is 1. The number of nitrogens with one attached hydrogen (secondary N) is 1. The van der Waals surface area contributed by atoms with Crippen LogP contribution in [0.15, 0.2) is 53.4 Å². The summed E-state index contributed by atoms with van der Waals surface area (Å²) in [6, 6.07) is 10.5. The largest absolute Gasteiger partial charge is 0.387 e. The van der Waals surface area contributed by atoms with Crippen molar-refractivity contribution >= 4 is 10.0 Å². The first-order valence-electron chi connectivity index (χ1n) is 6.08. The monoisotopic (exact) mass is 313 g/mol. The number of halogens is 2. The summed E-state index contributed by atoms with van der Waals surface area (Å²) < 4.78 is 52.4. The number of aliphatic hydroxyl groups excluding tert-OH is 1. The maximum absolute atomic E-state index is 13.5. The standard InChI is InChI=1S/C14H13F2NO3S/c15-11-6-7-12(16)14(8-11)21(19,20)17-9-13(18)10-4-2-1-3-5-10/h1-8,13,17-18H,9H2. The van der Waals surface area contributed by atoms with Crippen LogP contribution < -0.4 is 4.72 Å². The highest BCUT2D eigenvalue weighted by molar-refractivity contribution is 7.89. The van der Waals surface area contributed by atoms with E-state index in [0.717, 1.165) is 12.1 Å². The second-order valence-electron chi connectivity index (χ2n) is 4.35. The maximum Gasteiger partial charge on any atom is 0.243 e. The van der Waals surface area contributed by atoms with Crippen molar-refractivity contribution in [2.24, 2.45) is 0 Å². The van der Waals surface area contributed by atoms with Gasteiger partial charge in [0, 0.05) is 6.54 Å². The molecular weight excluding hydrogens is 300 g/mol. The molecule has 0 aliphatic heterocycles. The van der Waals surface area contributed by atoms with Crippen LogP contribution in [-0.2, 0) is 10.0 Å². The summed E-state index contributed by atoms with van der Waals surface area (Å²) in [5.74, 6) is -1.92. The third-order valence-corrected chi connectivity index (χ3v) is 4.27. The number of rotatable bonds is 5. The molecule has 21 heavy (non-hydrogen) atoms. The summed E-state index contributed by atoms with van der Waals surface area (Å²) in [7, 11) is -4.24. The molecule has 2 rings (SSSR count). The van der Waals surface area contributed by atoms with Crippen molar-refractivity contribution in [3.63, 3.8) is 0 Å². The molecule has 2 aromatic carbocycles. The molecule has 0 aromatic heterocycles. The highest BCUT2D eigenvalue weighted by atomic mass is 32.2. The van der Waals surface area contributed by atoms with Gasteiger partial charge in [0.2, 0.25) is 10.0 Å². The smallest absolute Gasteiger partial charge is 0.243 e. The SMILES string of the molecule is O=S(=O)(NCC(O)c1ccccc1)c1cc(F)ccc1F. The van der Waals surface area contributed by atoms with Gasteiger partial charge in [-0.2, -0.15) is 0 Å². The fourth-order valence-electron chi connectivity index (χ4n) is 1.74. The average molecular weight is 313 g/mol. The van der Waals surface area contributed by atoms with E-state index in [4.69, 9.17) is 0 Å². The van der Waals surface area contributed by atoms with Gasteiger partial charge in [0.05, 0.1) is 6.10 Å². The molecule has 1 unspecified atom stereocenters. The lowest BCUT2D eigenvalue weighted by molar-refractivity contribution is 0.182. The van der Waals surface area contributed by atoms with Crippen LogP contribution in [0.4, 0.5) is 8.78 Å². The average Bonchev–Trinajstić information content (AvgIpc) is 2.48. The Kier molecular flexibility index (Phi) is 4.66. The van der Waals surface area contributed by atoms with E-state index in [1.165, 1.54) is 0 Å². The molecule has 0 aliphatic carbocycles. The minimum Gasteiger partial charge on any atom is -0.387 e. The molecule has 0 spiro atoms. The molecule has 0 aliphatic rings. The van der Waals surface area contributed by atoms with Crippen LogP contribution in [0.1, 0.15) is 11.7 Å². The van der Waals surface area contributed by atoms with Gasteiger partial charge < -0.3 is 5.11 Å². The third kappa shape index (κ3) is 3.84. The van der Waals surface area contributed by atoms with Crippen LogP contribution >= 0.6 is 0 Å². The zero-order valence-electron chi connectivity index (χ0n) is 10.8. The van der Waals surface area contributed by atoms with Crippen molar-refractivity contribution in [3.05, 3.63) is 65.7 Å². The molecule has 0 fully saturated rings. The lowest BCUT2D eigenvalue weighted by Crippen LogP contribution is -2.29. The van der Waals surface area contributed by atoms with E-state index >= 15 is 0 Å². The van der Waals surface area contributed by atoms with Gasteiger partial charge in [-0.3, -0.25) is 0 Å². The van der Waals surface area contributed by atoms with E-state index < -0.39 is 32.7 Å². The van der Waals surface area contributed by atoms with Crippen molar-refractivity contribution in [3.8, 4) is 0 Å². The fraction of sp³-hybridized carbons (Fsp3) is 0.143. The topological polar surface area (TPSA) is 66.4 Å². The van der Waals surface area contributed by atoms with E-state index in [-0.39, 0.29) is 6.54 Å². The Hall–Kier alpha value is -1.83. The molecule has 112 valence electrons. The summed E-state index contributed by atoms with van der Waals surface area (Å²) in [5, 5.41) is 9.86. The molecule has 0 heterocycles. The van der Waals surface area contributed by atoms with Gasteiger partial charge in [0.25, 0.3) is 0 Å². The van der Waals surface area contributed by atoms with Gasteiger partial charge in [-0.25, -0.2) is 21.9 Å². The number of benzene rings is 2. The van der Waals surface area contributed by atoms with Gasteiger partial charge in [-0.05, 0) is 23.8 Å². The maximum atomic E-state index is 13.5. The molecule has 1 atom stereocenters. The Balaban J connectivity index is 2.13. The van der Waals surface area contributed by atoms with Gasteiger partial charge >= 0.3 is 0 Å². The fourth-order valence-corrected chi connectivity index (χ4v) is 2.87. The quantitative estimate of drug-likeness (QED) is 0.887. The first-order chi connectivity index (χ1) is 9.90. The minimum absolute atomic E-state index is 0.345. The molecule has 4 nitrogen and oxygen atoms in total. The lowest BCUT2D eigenvalue weighted by atomic mass is 10.1. The first-order valence-corrected chi connectivity index (χ1v) is 7.56. The van der Waals surface area contributed by atoms with Crippen LogP contribution in [0.5, 0.6) is 0 Å². The van der Waals surface area contributed by atoms with E-state index in [2.05, 4.69) is 4.72 Å². The van der Waals surface area contributed by atoms with Gasteiger partial charge in [-0.15, -0.1) is 0 Å². The Morgan fingerprint density at radius 2 is 1.76 bits per heavy atom. The Morgan fingerprint density at radius 3 is 2.43 bits per heavy atom. The first kappa shape index (κ1) is 15.6. The summed E-state index contributed by atoms with van der Waals surface area (Å²) >= 11 is 0. The normalized spacial score (nSPS) is 13.1. The molecule has 7 heteroatoms. The Bertz CT molecular complexity index is 720. The molecule has 2 aromatic rings.